The summed E-state index contributed by atoms with van der Waals surface area (Å²) < 4.78 is 10.2. The van der Waals surface area contributed by atoms with Crippen molar-refractivity contribution >= 4 is 12.1 Å². The van der Waals surface area contributed by atoms with Gasteiger partial charge in [0.2, 0.25) is 0 Å². The summed E-state index contributed by atoms with van der Waals surface area (Å²) in [5.41, 5.74) is 0. The molecule has 0 bridgehead atoms. The summed E-state index contributed by atoms with van der Waals surface area (Å²) in [6.45, 7) is 3.96. The van der Waals surface area contributed by atoms with E-state index in [1.807, 2.05) is 0 Å². The predicted octanol–water partition coefficient (Wildman–Crippen LogP) is 7.27. The molecule has 1 heterocycles. The number of piperidine rings is 1. The van der Waals surface area contributed by atoms with Gasteiger partial charge in [-0.3, -0.25) is 4.79 Å². The summed E-state index contributed by atoms with van der Waals surface area (Å²) in [6.07, 6.45) is 22.5. The first kappa shape index (κ1) is 27.8. The summed E-state index contributed by atoms with van der Waals surface area (Å²) >= 11 is 0. The average Bonchev–Trinajstić information content (AvgIpc) is 2.80. The third-order valence-electron chi connectivity index (χ3n) is 6.50. The van der Waals surface area contributed by atoms with E-state index < -0.39 is 0 Å². The Hall–Kier alpha value is -1.26. The lowest BCUT2D eigenvalue weighted by Gasteiger charge is -2.29. The maximum absolute atomic E-state index is 12.1. The molecule has 31 heavy (non-hydrogen) atoms. The number of amides is 1. The van der Waals surface area contributed by atoms with Crippen LogP contribution in [0.25, 0.3) is 0 Å². The van der Waals surface area contributed by atoms with Gasteiger partial charge in [-0.1, -0.05) is 103 Å². The number of unbranched alkanes of at least 4 members (excludes halogenated alkanes) is 15. The monoisotopic (exact) mass is 439 g/mol. The Morgan fingerprint density at radius 2 is 1.13 bits per heavy atom. The van der Waals surface area contributed by atoms with Gasteiger partial charge in [-0.15, -0.1) is 0 Å². The SMILES string of the molecule is CCCCCCCCCCCCCCCCCCOC(=O)C1CCN(C(=O)OC)CC1. The second kappa shape index (κ2) is 19.4. The fourth-order valence-electron chi connectivity index (χ4n) is 4.37. The Kier molecular flexibility index (Phi) is 17.4. The minimum Gasteiger partial charge on any atom is -0.465 e. The average molecular weight is 440 g/mol. The molecule has 1 saturated heterocycles. The van der Waals surface area contributed by atoms with Gasteiger partial charge in [0.1, 0.15) is 0 Å². The molecule has 0 unspecified atom stereocenters. The number of rotatable bonds is 18. The number of carbonyl (C=O) groups excluding carboxylic acids is 2. The van der Waals surface area contributed by atoms with E-state index in [2.05, 4.69) is 6.92 Å². The minimum absolute atomic E-state index is 0.0676. The number of hydrogen-bond donors (Lipinski definition) is 0. The van der Waals surface area contributed by atoms with E-state index in [9.17, 15) is 9.59 Å². The molecule has 0 N–H and O–H groups in total. The molecule has 0 spiro atoms. The van der Waals surface area contributed by atoms with Gasteiger partial charge in [-0.2, -0.15) is 0 Å². The lowest BCUT2D eigenvalue weighted by molar-refractivity contribution is -0.150. The zero-order valence-electron chi connectivity index (χ0n) is 20.5. The third-order valence-corrected chi connectivity index (χ3v) is 6.50. The molecular weight excluding hydrogens is 390 g/mol. The summed E-state index contributed by atoms with van der Waals surface area (Å²) in [6, 6.07) is 0. The van der Waals surface area contributed by atoms with Gasteiger partial charge in [0, 0.05) is 13.1 Å². The molecular formula is C26H49NO4. The van der Waals surface area contributed by atoms with E-state index in [-0.39, 0.29) is 18.0 Å². The number of ether oxygens (including phenoxy) is 2. The molecule has 182 valence electrons. The molecule has 0 atom stereocenters. The van der Waals surface area contributed by atoms with Crippen molar-refractivity contribution in [1.29, 1.82) is 0 Å². The highest BCUT2D eigenvalue weighted by Gasteiger charge is 2.28. The van der Waals surface area contributed by atoms with Gasteiger partial charge < -0.3 is 14.4 Å². The fourth-order valence-corrected chi connectivity index (χ4v) is 4.37. The lowest BCUT2D eigenvalue weighted by atomic mass is 9.97. The maximum Gasteiger partial charge on any atom is 0.409 e. The van der Waals surface area contributed by atoms with Crippen molar-refractivity contribution in [3.05, 3.63) is 0 Å². The van der Waals surface area contributed by atoms with Gasteiger partial charge in [0.15, 0.2) is 0 Å². The number of methoxy groups -OCH3 is 1. The van der Waals surface area contributed by atoms with Crippen molar-refractivity contribution in [2.75, 3.05) is 26.8 Å². The normalized spacial score (nSPS) is 14.6. The van der Waals surface area contributed by atoms with Crippen LogP contribution in [0.15, 0.2) is 0 Å². The molecule has 1 aliphatic rings. The van der Waals surface area contributed by atoms with E-state index in [4.69, 9.17) is 9.47 Å². The van der Waals surface area contributed by atoms with Crippen LogP contribution in [0.5, 0.6) is 0 Å². The van der Waals surface area contributed by atoms with Crippen molar-refractivity contribution in [3.63, 3.8) is 0 Å². The molecule has 0 saturated carbocycles. The molecule has 5 heteroatoms. The molecule has 1 rings (SSSR count). The maximum atomic E-state index is 12.1. The summed E-state index contributed by atoms with van der Waals surface area (Å²) in [5, 5.41) is 0. The van der Waals surface area contributed by atoms with Crippen molar-refractivity contribution in [2.24, 2.45) is 5.92 Å². The van der Waals surface area contributed by atoms with E-state index in [0.29, 0.717) is 32.5 Å². The largest absolute Gasteiger partial charge is 0.465 e. The third kappa shape index (κ3) is 14.4. The van der Waals surface area contributed by atoms with Gasteiger partial charge >= 0.3 is 12.1 Å². The summed E-state index contributed by atoms with van der Waals surface area (Å²) in [7, 11) is 1.39. The van der Waals surface area contributed by atoms with Gasteiger partial charge in [-0.05, 0) is 19.3 Å². The molecule has 5 nitrogen and oxygen atoms in total. The van der Waals surface area contributed by atoms with Gasteiger partial charge in [0.25, 0.3) is 0 Å². The van der Waals surface area contributed by atoms with Crippen molar-refractivity contribution in [1.82, 2.24) is 4.90 Å². The number of hydrogen-bond acceptors (Lipinski definition) is 4. The van der Waals surface area contributed by atoms with E-state index in [0.717, 1.165) is 12.8 Å². The first-order valence-corrected chi connectivity index (χ1v) is 13.2. The highest BCUT2D eigenvalue weighted by molar-refractivity contribution is 5.73. The number of likely N-dealkylation sites (tertiary alicyclic amines) is 1. The highest BCUT2D eigenvalue weighted by Crippen LogP contribution is 2.19. The first-order valence-electron chi connectivity index (χ1n) is 13.2. The van der Waals surface area contributed by atoms with Crippen LogP contribution in [0.2, 0.25) is 0 Å². The Labute approximate surface area is 191 Å². The van der Waals surface area contributed by atoms with Gasteiger partial charge in [0.05, 0.1) is 19.6 Å². The molecule has 1 amide bonds. The van der Waals surface area contributed by atoms with Crippen molar-refractivity contribution in [3.8, 4) is 0 Å². The lowest BCUT2D eigenvalue weighted by Crippen LogP contribution is -2.40. The van der Waals surface area contributed by atoms with Crippen molar-refractivity contribution < 1.29 is 19.1 Å². The van der Waals surface area contributed by atoms with Crippen LogP contribution < -0.4 is 0 Å². The second-order valence-corrected chi connectivity index (χ2v) is 9.20. The van der Waals surface area contributed by atoms with Crippen molar-refractivity contribution in [2.45, 2.75) is 122 Å². The zero-order chi connectivity index (χ0) is 22.6. The highest BCUT2D eigenvalue weighted by atomic mass is 16.5. The van der Waals surface area contributed by atoms with Crippen LogP contribution in [-0.2, 0) is 14.3 Å². The molecule has 1 aliphatic heterocycles. The van der Waals surface area contributed by atoms with Crippen LogP contribution in [0.1, 0.15) is 122 Å². The quantitative estimate of drug-likeness (QED) is 0.166. The molecule has 0 aromatic rings. The smallest absolute Gasteiger partial charge is 0.409 e. The Balaban J connectivity index is 1.81. The van der Waals surface area contributed by atoms with Gasteiger partial charge in [-0.25, -0.2) is 4.79 Å². The van der Waals surface area contributed by atoms with Crippen LogP contribution in [0.4, 0.5) is 4.79 Å². The second-order valence-electron chi connectivity index (χ2n) is 9.20. The number of carbonyl (C=O) groups is 2. The van der Waals surface area contributed by atoms with Crippen LogP contribution in [-0.4, -0.2) is 43.8 Å². The summed E-state index contributed by atoms with van der Waals surface area (Å²) in [4.78, 5) is 25.3. The van der Waals surface area contributed by atoms with E-state index in [1.54, 1.807) is 4.90 Å². The van der Waals surface area contributed by atoms with Crippen LogP contribution in [0, 0.1) is 5.92 Å². The van der Waals surface area contributed by atoms with E-state index >= 15 is 0 Å². The molecule has 0 radical (unpaired) electrons. The minimum atomic E-state index is -0.306. The van der Waals surface area contributed by atoms with Crippen LogP contribution >= 0.6 is 0 Å². The molecule has 0 aliphatic carbocycles. The Morgan fingerprint density at radius 3 is 1.55 bits per heavy atom. The zero-order valence-corrected chi connectivity index (χ0v) is 20.5. The fraction of sp³-hybridized carbons (Fsp3) is 0.923. The molecule has 0 aromatic carbocycles. The predicted molar refractivity (Wildman–Crippen MR) is 127 cm³/mol. The number of nitrogens with zero attached hydrogens (tertiary/aromatic N) is 1. The molecule has 0 aromatic heterocycles. The van der Waals surface area contributed by atoms with E-state index in [1.165, 1.54) is 97.0 Å². The topological polar surface area (TPSA) is 55.8 Å². The first-order chi connectivity index (χ1) is 15.2. The molecule has 1 fully saturated rings. The number of esters is 1. The standard InChI is InChI=1S/C26H49NO4/c1-3-4-5-6-7-8-9-10-11-12-13-14-15-16-17-18-23-31-25(28)24-19-21-27(22-20-24)26(29)30-2/h24H,3-23H2,1-2H3. The summed E-state index contributed by atoms with van der Waals surface area (Å²) in [5.74, 6) is -0.160. The Morgan fingerprint density at radius 1 is 0.710 bits per heavy atom. The Bertz CT molecular complexity index is 447. The van der Waals surface area contributed by atoms with Crippen LogP contribution in [0.3, 0.4) is 0 Å².